The summed E-state index contributed by atoms with van der Waals surface area (Å²) in [5.41, 5.74) is 1.34. The summed E-state index contributed by atoms with van der Waals surface area (Å²) in [6, 6.07) is 0. The fourth-order valence-electron chi connectivity index (χ4n) is 3.93. The molecule has 0 aromatic carbocycles. The minimum Gasteiger partial charge on any atom is -0.323 e. The van der Waals surface area contributed by atoms with E-state index in [0.29, 0.717) is 4.77 Å². The number of nitrogens with zero attached hydrogens (tertiary/aromatic N) is 1. The Labute approximate surface area is 126 Å². The molecule has 0 unspecified atom stereocenters. The zero-order valence-electron chi connectivity index (χ0n) is 11.6. The monoisotopic (exact) mass is 306 g/mol. The van der Waals surface area contributed by atoms with Crippen molar-refractivity contribution in [3.8, 4) is 0 Å². The second-order valence-electron chi connectivity index (χ2n) is 6.34. The summed E-state index contributed by atoms with van der Waals surface area (Å²) in [4.78, 5) is 18.7. The van der Waals surface area contributed by atoms with Gasteiger partial charge in [-0.3, -0.25) is 9.36 Å². The average Bonchev–Trinajstić information content (AvgIpc) is 3.04. The average molecular weight is 306 g/mol. The lowest BCUT2D eigenvalue weighted by atomic mass is 10.00. The first kappa shape index (κ1) is 12.8. The quantitative estimate of drug-likeness (QED) is 0.811. The fourth-order valence-corrected chi connectivity index (χ4v) is 5.68. The van der Waals surface area contributed by atoms with Gasteiger partial charge in [0.15, 0.2) is 4.77 Å². The first-order chi connectivity index (χ1) is 9.60. The number of rotatable bonds is 1. The molecule has 0 aliphatic heterocycles. The van der Waals surface area contributed by atoms with Gasteiger partial charge < -0.3 is 4.98 Å². The van der Waals surface area contributed by atoms with Gasteiger partial charge in [-0.25, -0.2) is 0 Å². The third-order valence-electron chi connectivity index (χ3n) is 4.98. The molecule has 0 bridgehead atoms. The van der Waals surface area contributed by atoms with E-state index >= 15 is 0 Å². The van der Waals surface area contributed by atoms with E-state index < -0.39 is 0 Å². The highest BCUT2D eigenvalue weighted by Crippen LogP contribution is 2.38. The lowest BCUT2D eigenvalue weighted by molar-refractivity contribution is 0.313. The lowest BCUT2D eigenvalue weighted by Crippen LogP contribution is -2.37. The molecular weight excluding hydrogens is 288 g/mol. The highest BCUT2D eigenvalue weighted by molar-refractivity contribution is 7.71. The zero-order chi connectivity index (χ0) is 13.9. The van der Waals surface area contributed by atoms with Gasteiger partial charge in [-0.1, -0.05) is 12.8 Å². The Balaban J connectivity index is 2.07. The summed E-state index contributed by atoms with van der Waals surface area (Å²) >= 11 is 7.23. The van der Waals surface area contributed by atoms with Crippen LogP contribution >= 0.6 is 23.6 Å². The van der Waals surface area contributed by atoms with Crippen LogP contribution in [0.2, 0.25) is 0 Å². The Morgan fingerprint density at radius 1 is 1.25 bits per heavy atom. The molecule has 0 amide bonds. The summed E-state index contributed by atoms with van der Waals surface area (Å²) in [5, 5.41) is 0.921. The summed E-state index contributed by atoms with van der Waals surface area (Å²) in [5.74, 6) is 0. The summed E-state index contributed by atoms with van der Waals surface area (Å²) in [6.07, 6.45) is 7.85. The van der Waals surface area contributed by atoms with Gasteiger partial charge in [0.2, 0.25) is 0 Å². The van der Waals surface area contributed by atoms with Crippen molar-refractivity contribution >= 4 is 33.8 Å². The molecule has 1 fully saturated rings. The molecule has 2 aliphatic carbocycles. The Morgan fingerprint density at radius 2 is 2.00 bits per heavy atom. The van der Waals surface area contributed by atoms with Crippen LogP contribution in [0.5, 0.6) is 0 Å². The highest BCUT2D eigenvalue weighted by atomic mass is 32.1. The van der Waals surface area contributed by atoms with Crippen LogP contribution in [0.15, 0.2) is 4.79 Å². The molecule has 20 heavy (non-hydrogen) atoms. The number of hydrogen-bond acceptors (Lipinski definition) is 3. The smallest absolute Gasteiger partial charge is 0.263 e. The number of thiophene rings is 1. The minimum absolute atomic E-state index is 0.0910. The number of aromatic amines is 1. The Bertz CT molecular complexity index is 806. The van der Waals surface area contributed by atoms with Crippen molar-refractivity contribution in [2.24, 2.45) is 0 Å². The summed E-state index contributed by atoms with van der Waals surface area (Å²) in [6.45, 7) is 2.18. The van der Waals surface area contributed by atoms with Gasteiger partial charge in [-0.2, -0.15) is 0 Å². The van der Waals surface area contributed by atoms with E-state index in [1.54, 1.807) is 11.3 Å². The molecule has 2 aliphatic rings. The zero-order valence-corrected chi connectivity index (χ0v) is 13.3. The van der Waals surface area contributed by atoms with E-state index in [0.717, 1.165) is 35.9 Å². The minimum atomic E-state index is -0.0910. The number of nitrogens with one attached hydrogen (secondary N) is 1. The van der Waals surface area contributed by atoms with Crippen molar-refractivity contribution in [3.63, 3.8) is 0 Å². The Hall–Kier alpha value is -0.940. The van der Waals surface area contributed by atoms with E-state index in [2.05, 4.69) is 11.9 Å². The maximum Gasteiger partial charge on any atom is 0.263 e. The molecular formula is C15H18N2OS2. The molecule has 5 heteroatoms. The molecule has 4 rings (SSSR count). The molecule has 2 heterocycles. The number of fused-ring (bicyclic) bond motifs is 3. The predicted octanol–water partition coefficient (Wildman–Crippen LogP) is 3.90. The Kier molecular flexibility index (Phi) is 2.73. The van der Waals surface area contributed by atoms with E-state index in [1.165, 1.54) is 29.7 Å². The van der Waals surface area contributed by atoms with Gasteiger partial charge in [0.1, 0.15) is 4.83 Å². The topological polar surface area (TPSA) is 37.8 Å². The molecule has 1 N–H and O–H groups in total. The molecule has 3 nitrogen and oxygen atoms in total. The second-order valence-corrected chi connectivity index (χ2v) is 7.83. The standard InChI is InChI=1S/C15H18N2OS2/c1-15(7-2-3-8-15)17-13(18)11-9-5-4-6-10(9)20-12(11)16-14(17)19/h2-8H2,1H3,(H,16,19). The van der Waals surface area contributed by atoms with Gasteiger partial charge in [0.05, 0.1) is 5.39 Å². The number of aryl methyl sites for hydroxylation is 2. The van der Waals surface area contributed by atoms with Crippen LogP contribution in [-0.2, 0) is 18.4 Å². The molecule has 106 valence electrons. The van der Waals surface area contributed by atoms with Crippen LogP contribution in [0.4, 0.5) is 0 Å². The maximum absolute atomic E-state index is 13.0. The van der Waals surface area contributed by atoms with Gasteiger partial charge in [-0.05, 0) is 56.8 Å². The van der Waals surface area contributed by atoms with Crippen molar-refractivity contribution in [3.05, 3.63) is 25.6 Å². The first-order valence-corrected chi connectivity index (χ1v) is 8.63. The van der Waals surface area contributed by atoms with Gasteiger partial charge in [-0.15, -0.1) is 11.3 Å². The summed E-state index contributed by atoms with van der Waals surface area (Å²) < 4.78 is 2.48. The molecule has 2 aromatic rings. The van der Waals surface area contributed by atoms with Crippen LogP contribution in [0.25, 0.3) is 10.2 Å². The van der Waals surface area contributed by atoms with Gasteiger partial charge in [0.25, 0.3) is 5.56 Å². The molecule has 0 saturated heterocycles. The SMILES string of the molecule is CC1(n2c(=S)[nH]c3sc4c(c3c2=O)CCC4)CCCC1. The lowest BCUT2D eigenvalue weighted by Gasteiger charge is -2.26. The molecule has 0 atom stereocenters. The van der Waals surface area contributed by atoms with Crippen molar-refractivity contribution in [2.45, 2.75) is 57.4 Å². The number of H-pyrrole nitrogens is 1. The largest absolute Gasteiger partial charge is 0.323 e. The van der Waals surface area contributed by atoms with Crippen LogP contribution in [0.3, 0.4) is 0 Å². The van der Waals surface area contributed by atoms with E-state index in [-0.39, 0.29) is 11.1 Å². The maximum atomic E-state index is 13.0. The molecule has 0 radical (unpaired) electrons. The molecule has 0 spiro atoms. The molecule has 1 saturated carbocycles. The Morgan fingerprint density at radius 3 is 2.75 bits per heavy atom. The summed E-state index contributed by atoms with van der Waals surface area (Å²) in [7, 11) is 0. The third kappa shape index (κ3) is 1.62. The van der Waals surface area contributed by atoms with Crippen LogP contribution in [0, 0.1) is 4.77 Å². The second kappa shape index (κ2) is 4.28. The van der Waals surface area contributed by atoms with Crippen molar-refractivity contribution in [1.82, 2.24) is 9.55 Å². The third-order valence-corrected chi connectivity index (χ3v) is 6.47. The van der Waals surface area contributed by atoms with E-state index in [1.807, 2.05) is 4.57 Å². The number of aromatic nitrogens is 2. The van der Waals surface area contributed by atoms with Gasteiger partial charge in [0, 0.05) is 10.4 Å². The van der Waals surface area contributed by atoms with Crippen LogP contribution < -0.4 is 5.56 Å². The van der Waals surface area contributed by atoms with Crippen molar-refractivity contribution in [2.75, 3.05) is 0 Å². The highest BCUT2D eigenvalue weighted by Gasteiger charge is 2.33. The van der Waals surface area contributed by atoms with Crippen LogP contribution in [0.1, 0.15) is 49.5 Å². The first-order valence-electron chi connectivity index (χ1n) is 7.40. The van der Waals surface area contributed by atoms with Gasteiger partial charge >= 0.3 is 0 Å². The number of hydrogen-bond donors (Lipinski definition) is 1. The normalized spacial score (nSPS) is 20.6. The van der Waals surface area contributed by atoms with Crippen LogP contribution in [-0.4, -0.2) is 9.55 Å². The molecule has 2 aromatic heterocycles. The van der Waals surface area contributed by atoms with E-state index in [4.69, 9.17) is 12.2 Å². The predicted molar refractivity (Wildman–Crippen MR) is 85.4 cm³/mol. The fraction of sp³-hybridized carbons (Fsp3) is 0.600. The van der Waals surface area contributed by atoms with Crippen molar-refractivity contribution < 1.29 is 0 Å². The van der Waals surface area contributed by atoms with E-state index in [9.17, 15) is 4.79 Å². The van der Waals surface area contributed by atoms with Crippen molar-refractivity contribution in [1.29, 1.82) is 0 Å².